The van der Waals surface area contributed by atoms with Crippen molar-refractivity contribution >= 4 is 60.2 Å². The maximum atomic E-state index is 14.0. The Morgan fingerprint density at radius 1 is 0.694 bits per heavy atom. The number of imide groups is 1. The second-order valence-electron chi connectivity index (χ2n) is 23.8. The lowest BCUT2D eigenvalue weighted by Gasteiger charge is -2.44. The molecule has 352 valence electrons. The van der Waals surface area contributed by atoms with Crippen molar-refractivity contribution in [3.8, 4) is 5.88 Å². The first kappa shape index (κ1) is 53.2. The van der Waals surface area contributed by atoms with E-state index in [1.807, 2.05) is 20.8 Å². The molecular formula is C42H78N8O9Si3. The summed E-state index contributed by atoms with van der Waals surface area (Å²) in [6.45, 7) is 48.2. The van der Waals surface area contributed by atoms with E-state index in [0.29, 0.717) is 4.90 Å². The maximum Gasteiger partial charge on any atom is 0.427 e. The first-order chi connectivity index (χ1) is 27.5. The number of nitrogens with zero attached hydrogens (tertiary/aromatic N) is 8. The van der Waals surface area contributed by atoms with Crippen LogP contribution in [0.4, 0.5) is 21.5 Å². The number of hydrogen-bond donors (Lipinski definition) is 0. The number of azide groups is 1. The van der Waals surface area contributed by atoms with Crippen LogP contribution in [-0.2, 0) is 27.5 Å². The molecule has 1 fully saturated rings. The van der Waals surface area contributed by atoms with Gasteiger partial charge in [-0.25, -0.2) is 14.6 Å². The van der Waals surface area contributed by atoms with Crippen molar-refractivity contribution in [2.75, 3.05) is 11.5 Å². The Balaban J connectivity index is 2.58. The van der Waals surface area contributed by atoms with E-state index in [-0.39, 0.29) is 44.7 Å². The number of fused-ring (bicyclic) bond motifs is 1. The van der Waals surface area contributed by atoms with Crippen LogP contribution in [0.25, 0.3) is 21.6 Å². The monoisotopic (exact) mass is 923 g/mol. The summed E-state index contributed by atoms with van der Waals surface area (Å²) < 4.78 is 48.2. The highest BCUT2D eigenvalue weighted by molar-refractivity contribution is 6.75. The SMILES string of the molecule is CC(C)(C)OC(=O)N(C(=O)OC(C)(C)C)c1nc(OC(C)(C)C)c2nc(N=[N+]=[N-])n([C@@H]3O[C@H](CO[Si](C)(C)C(C)(C)C)[C@@H](O[Si](C)(C)C(C)(C)C)[C@H]3O[Si](C)(C)C(C)(C)C)c2n1. The Kier molecular flexibility index (Phi) is 15.2. The summed E-state index contributed by atoms with van der Waals surface area (Å²) >= 11 is 0. The molecule has 0 radical (unpaired) electrons. The second kappa shape index (κ2) is 17.7. The van der Waals surface area contributed by atoms with Crippen LogP contribution in [0.5, 0.6) is 5.88 Å². The van der Waals surface area contributed by atoms with Crippen LogP contribution in [0.2, 0.25) is 54.4 Å². The first-order valence-electron chi connectivity index (χ1n) is 21.5. The second-order valence-corrected chi connectivity index (χ2v) is 38.1. The summed E-state index contributed by atoms with van der Waals surface area (Å²) in [4.78, 5) is 46.0. The first-order valence-corrected chi connectivity index (χ1v) is 30.2. The predicted molar refractivity (Wildman–Crippen MR) is 251 cm³/mol. The molecule has 0 aromatic carbocycles. The Morgan fingerprint density at radius 3 is 1.55 bits per heavy atom. The number of anilines is 1. The van der Waals surface area contributed by atoms with Gasteiger partial charge < -0.3 is 32.2 Å². The van der Waals surface area contributed by atoms with Gasteiger partial charge in [0.25, 0.3) is 0 Å². The summed E-state index contributed by atoms with van der Waals surface area (Å²) in [7, 11) is -7.55. The summed E-state index contributed by atoms with van der Waals surface area (Å²) in [5.74, 6) is -0.671. The van der Waals surface area contributed by atoms with Crippen LogP contribution >= 0.6 is 0 Å². The quantitative estimate of drug-likeness (QED) is 0.0897. The lowest BCUT2D eigenvalue weighted by atomic mass is 10.1. The van der Waals surface area contributed by atoms with Crippen molar-refractivity contribution in [3.05, 3.63) is 10.4 Å². The van der Waals surface area contributed by atoms with Crippen LogP contribution in [0, 0.1) is 0 Å². The molecule has 2 amide bonds. The molecule has 3 rings (SSSR count). The third-order valence-electron chi connectivity index (χ3n) is 11.8. The smallest absolute Gasteiger partial charge is 0.427 e. The fourth-order valence-corrected chi connectivity index (χ4v) is 9.06. The molecule has 1 aliphatic heterocycles. The minimum atomic E-state index is -2.66. The molecule has 0 saturated carbocycles. The van der Waals surface area contributed by atoms with Crippen molar-refractivity contribution in [2.24, 2.45) is 5.11 Å². The Bertz CT molecular complexity index is 1960. The predicted octanol–water partition coefficient (Wildman–Crippen LogP) is 12.3. The van der Waals surface area contributed by atoms with Crippen molar-refractivity contribution in [3.63, 3.8) is 0 Å². The van der Waals surface area contributed by atoms with Gasteiger partial charge in [0.05, 0.1) is 6.61 Å². The van der Waals surface area contributed by atoms with Crippen molar-refractivity contribution < 1.29 is 41.8 Å². The molecule has 0 aliphatic carbocycles. The lowest BCUT2D eigenvalue weighted by molar-refractivity contribution is -0.0462. The molecule has 1 saturated heterocycles. The minimum Gasteiger partial charge on any atom is -0.470 e. The van der Waals surface area contributed by atoms with Crippen molar-refractivity contribution in [1.82, 2.24) is 19.5 Å². The molecule has 62 heavy (non-hydrogen) atoms. The molecule has 17 nitrogen and oxygen atoms in total. The zero-order valence-corrected chi connectivity index (χ0v) is 45.3. The van der Waals surface area contributed by atoms with Gasteiger partial charge in [-0.15, -0.1) is 4.90 Å². The molecule has 2 aromatic heterocycles. The average Bonchev–Trinajstić information content (AvgIpc) is 3.52. The minimum absolute atomic E-state index is 0.0274. The number of aromatic nitrogens is 4. The third kappa shape index (κ3) is 12.8. The fraction of sp³-hybridized carbons (Fsp3) is 0.833. The van der Waals surface area contributed by atoms with E-state index in [0.717, 1.165) is 0 Å². The van der Waals surface area contributed by atoms with Crippen LogP contribution in [0.15, 0.2) is 5.11 Å². The molecule has 2 aromatic rings. The normalized spacial score (nSPS) is 19.9. The maximum absolute atomic E-state index is 14.0. The highest BCUT2D eigenvalue weighted by Gasteiger charge is 2.56. The summed E-state index contributed by atoms with van der Waals surface area (Å²) in [5, 5.41) is 3.52. The zero-order chi connectivity index (χ0) is 48.2. The largest absolute Gasteiger partial charge is 0.470 e. The number of carbonyl (C=O) groups excluding carboxylic acids is 2. The number of amides is 2. The molecule has 20 heteroatoms. The summed E-state index contributed by atoms with van der Waals surface area (Å²) in [5.41, 5.74) is 7.24. The van der Waals surface area contributed by atoms with E-state index < -0.39 is 84.4 Å². The number of ether oxygens (including phenoxy) is 4. The van der Waals surface area contributed by atoms with Crippen molar-refractivity contribution in [2.45, 2.75) is 220 Å². The van der Waals surface area contributed by atoms with E-state index in [4.69, 9.17) is 42.2 Å². The van der Waals surface area contributed by atoms with Gasteiger partial charge in [-0.2, -0.15) is 9.97 Å². The van der Waals surface area contributed by atoms with Crippen LogP contribution < -0.4 is 9.64 Å². The highest BCUT2D eigenvalue weighted by atomic mass is 28.4. The topological polar surface area (TPSA) is 194 Å². The van der Waals surface area contributed by atoms with Gasteiger partial charge in [-0.3, -0.25) is 4.57 Å². The Labute approximate surface area is 373 Å². The fourth-order valence-electron chi connectivity index (χ4n) is 5.44. The van der Waals surface area contributed by atoms with Gasteiger partial charge in [-0.05, 0) is 127 Å². The van der Waals surface area contributed by atoms with Crippen molar-refractivity contribution in [1.29, 1.82) is 0 Å². The number of hydrogen-bond acceptors (Lipinski definition) is 13. The molecule has 0 bridgehead atoms. The number of rotatable bonds is 11. The van der Waals surface area contributed by atoms with E-state index >= 15 is 0 Å². The van der Waals surface area contributed by atoms with Gasteiger partial charge in [0.2, 0.25) is 17.8 Å². The number of imidazole rings is 1. The molecule has 0 unspecified atom stereocenters. The molecule has 4 atom stereocenters. The summed E-state index contributed by atoms with van der Waals surface area (Å²) in [6, 6.07) is 0. The van der Waals surface area contributed by atoms with E-state index in [2.05, 4.69) is 117 Å². The standard InChI is InChI=1S/C42H78N8O9Si3/c1-37(2,3)55-31-27-30(45-33(46-31)50(35(51)56-38(4,5)6)36(52)57-39(7,8)9)49(34(44-27)47-48-43)32-29(59-62(23,24)42(16,17)18)28(58-61(21,22)41(13,14)15)26(54-32)25-53-60(19,20)40(10,11)12/h26,28-29,32H,25H2,1-24H3/t26-,28-,29-,32-/m1/s1. The third-order valence-corrected chi connectivity index (χ3v) is 25.2. The molecular weight excluding hydrogens is 845 g/mol. The van der Waals surface area contributed by atoms with Gasteiger partial charge in [0.1, 0.15) is 35.1 Å². The Hall–Kier alpha value is -3.11. The zero-order valence-electron chi connectivity index (χ0n) is 42.3. The van der Waals surface area contributed by atoms with Gasteiger partial charge in [0, 0.05) is 4.91 Å². The van der Waals surface area contributed by atoms with Crippen LogP contribution in [-0.4, -0.2) is 98.4 Å². The Morgan fingerprint density at radius 2 is 1.15 bits per heavy atom. The van der Waals surface area contributed by atoms with E-state index in [9.17, 15) is 15.1 Å². The molecule has 1 aliphatic rings. The summed E-state index contributed by atoms with van der Waals surface area (Å²) in [6.07, 6.45) is -5.41. The van der Waals surface area contributed by atoms with Crippen LogP contribution in [0.1, 0.15) is 131 Å². The number of carbonyl (C=O) groups is 2. The van der Waals surface area contributed by atoms with Gasteiger partial charge in [-0.1, -0.05) is 62.3 Å². The average molecular weight is 923 g/mol. The van der Waals surface area contributed by atoms with Crippen LogP contribution in [0.3, 0.4) is 0 Å². The highest BCUT2D eigenvalue weighted by Crippen LogP contribution is 2.48. The van der Waals surface area contributed by atoms with Gasteiger partial charge >= 0.3 is 12.2 Å². The van der Waals surface area contributed by atoms with E-state index in [1.54, 1.807) is 41.5 Å². The van der Waals surface area contributed by atoms with E-state index in [1.165, 1.54) is 4.57 Å². The molecule has 3 heterocycles. The lowest BCUT2D eigenvalue weighted by Crippen LogP contribution is -2.54. The molecule has 0 N–H and O–H groups in total. The molecule has 0 spiro atoms. The van der Waals surface area contributed by atoms with Gasteiger partial charge in [0.15, 0.2) is 42.3 Å².